The van der Waals surface area contributed by atoms with Gasteiger partial charge in [-0.2, -0.15) is 0 Å². The molecule has 1 aromatic carbocycles. The van der Waals surface area contributed by atoms with Crippen molar-refractivity contribution in [1.29, 1.82) is 0 Å². The SMILES string of the molecule is COc1ccc(CC(=O)N(C[C@H]2CCCO2)C[C@]2(O)CC[C@H]3C4=CC=C5C[C@@H](O)CC[C@]5(C)[C@H]4CC[C@@]32C)cc1OC. The molecule has 7 atom stereocenters. The third kappa shape index (κ3) is 4.99. The Hall–Kier alpha value is -2.35. The fourth-order valence-electron chi connectivity index (χ4n) is 9.24. The van der Waals surface area contributed by atoms with E-state index in [9.17, 15) is 15.0 Å². The number of ether oxygens (including phenoxy) is 3. The van der Waals surface area contributed by atoms with Crippen LogP contribution in [0.2, 0.25) is 0 Å². The second kappa shape index (κ2) is 11.3. The number of rotatable bonds is 8. The van der Waals surface area contributed by atoms with Crippen molar-refractivity contribution in [2.24, 2.45) is 22.7 Å². The summed E-state index contributed by atoms with van der Waals surface area (Å²) in [7, 11) is 3.21. The molecule has 0 spiro atoms. The first-order valence-corrected chi connectivity index (χ1v) is 16.0. The fourth-order valence-corrected chi connectivity index (χ4v) is 9.24. The van der Waals surface area contributed by atoms with Crippen LogP contribution >= 0.6 is 0 Å². The van der Waals surface area contributed by atoms with Crippen molar-refractivity contribution in [1.82, 2.24) is 4.90 Å². The van der Waals surface area contributed by atoms with E-state index in [2.05, 4.69) is 26.0 Å². The maximum atomic E-state index is 14.0. The predicted octanol–water partition coefficient (Wildman–Crippen LogP) is 5.23. The lowest BCUT2D eigenvalue weighted by atomic mass is 9.50. The van der Waals surface area contributed by atoms with Gasteiger partial charge in [0.05, 0.1) is 45.0 Å². The van der Waals surface area contributed by atoms with Gasteiger partial charge in [0, 0.05) is 18.6 Å². The third-order valence-electron chi connectivity index (χ3n) is 11.9. The van der Waals surface area contributed by atoms with Crippen LogP contribution in [0.5, 0.6) is 11.5 Å². The number of amides is 1. The molecule has 0 aromatic heterocycles. The Balaban J connectivity index is 1.24. The van der Waals surface area contributed by atoms with Crippen LogP contribution < -0.4 is 9.47 Å². The molecule has 0 bridgehead atoms. The van der Waals surface area contributed by atoms with Crippen LogP contribution in [0, 0.1) is 22.7 Å². The Morgan fingerprint density at radius 3 is 2.55 bits per heavy atom. The number of nitrogens with zero attached hydrogens (tertiary/aromatic N) is 1. The number of aliphatic hydroxyl groups is 2. The molecule has 0 unspecified atom stereocenters. The van der Waals surface area contributed by atoms with Crippen molar-refractivity contribution in [3.05, 3.63) is 47.1 Å². The molecule has 5 aliphatic rings. The molecule has 6 rings (SSSR count). The average molecular weight is 580 g/mol. The molecule has 1 aliphatic heterocycles. The minimum Gasteiger partial charge on any atom is -0.493 e. The molecular formula is C35H49NO6. The van der Waals surface area contributed by atoms with E-state index in [0.717, 1.165) is 63.5 Å². The number of benzene rings is 1. The van der Waals surface area contributed by atoms with Gasteiger partial charge in [0.1, 0.15) is 0 Å². The number of aliphatic hydroxyl groups excluding tert-OH is 1. The van der Waals surface area contributed by atoms with Gasteiger partial charge in [0.15, 0.2) is 11.5 Å². The van der Waals surface area contributed by atoms with E-state index in [1.165, 1.54) is 11.1 Å². The van der Waals surface area contributed by atoms with Gasteiger partial charge in [-0.05, 0) is 92.7 Å². The van der Waals surface area contributed by atoms with Gasteiger partial charge in [-0.15, -0.1) is 0 Å². The van der Waals surface area contributed by atoms with Crippen molar-refractivity contribution in [2.75, 3.05) is 33.9 Å². The molecular weight excluding hydrogens is 530 g/mol. The van der Waals surface area contributed by atoms with Crippen molar-refractivity contribution < 1.29 is 29.2 Å². The summed E-state index contributed by atoms with van der Waals surface area (Å²) in [5.41, 5.74) is 2.58. The highest BCUT2D eigenvalue weighted by molar-refractivity contribution is 5.79. The summed E-state index contributed by atoms with van der Waals surface area (Å²) >= 11 is 0. The van der Waals surface area contributed by atoms with E-state index >= 15 is 0 Å². The molecule has 0 radical (unpaired) electrons. The molecule has 7 heteroatoms. The molecule has 3 saturated carbocycles. The van der Waals surface area contributed by atoms with Crippen LogP contribution in [-0.2, 0) is 16.0 Å². The van der Waals surface area contributed by atoms with Crippen LogP contribution in [0.1, 0.15) is 77.2 Å². The Morgan fingerprint density at radius 2 is 1.81 bits per heavy atom. The molecule has 1 amide bonds. The summed E-state index contributed by atoms with van der Waals surface area (Å²) in [5, 5.41) is 22.9. The second-order valence-corrected chi connectivity index (χ2v) is 14.1. The normalized spacial score (nSPS) is 37.2. The lowest BCUT2D eigenvalue weighted by Crippen LogP contribution is -2.57. The van der Waals surface area contributed by atoms with Crippen molar-refractivity contribution in [2.45, 2.75) is 95.9 Å². The first kappa shape index (κ1) is 29.7. The minimum atomic E-state index is -0.969. The van der Waals surface area contributed by atoms with Crippen molar-refractivity contribution >= 4 is 5.91 Å². The van der Waals surface area contributed by atoms with E-state index < -0.39 is 5.60 Å². The number of hydrogen-bond donors (Lipinski definition) is 2. The van der Waals surface area contributed by atoms with Gasteiger partial charge < -0.3 is 29.3 Å². The summed E-state index contributed by atoms with van der Waals surface area (Å²) in [4.78, 5) is 15.8. The molecule has 4 aliphatic carbocycles. The fraction of sp³-hybridized carbons (Fsp3) is 0.686. The number of allylic oxidation sites excluding steroid dienone is 3. The van der Waals surface area contributed by atoms with Crippen molar-refractivity contribution in [3.8, 4) is 11.5 Å². The van der Waals surface area contributed by atoms with E-state index in [1.54, 1.807) is 14.2 Å². The summed E-state index contributed by atoms with van der Waals surface area (Å²) < 4.78 is 16.8. The molecule has 1 saturated heterocycles. The first-order valence-electron chi connectivity index (χ1n) is 16.0. The monoisotopic (exact) mass is 579 g/mol. The van der Waals surface area contributed by atoms with E-state index in [-0.39, 0.29) is 35.4 Å². The maximum Gasteiger partial charge on any atom is 0.227 e. The van der Waals surface area contributed by atoms with Gasteiger partial charge in [-0.3, -0.25) is 4.79 Å². The largest absolute Gasteiger partial charge is 0.493 e. The number of fused-ring (bicyclic) bond motifs is 5. The van der Waals surface area contributed by atoms with Crippen molar-refractivity contribution in [3.63, 3.8) is 0 Å². The molecule has 42 heavy (non-hydrogen) atoms. The van der Waals surface area contributed by atoms with E-state index in [0.29, 0.717) is 42.8 Å². The molecule has 230 valence electrons. The Kier molecular flexibility index (Phi) is 7.99. The van der Waals surface area contributed by atoms with Crippen LogP contribution in [-0.4, -0.2) is 72.7 Å². The van der Waals surface area contributed by atoms with Gasteiger partial charge in [0.2, 0.25) is 5.91 Å². The quantitative estimate of drug-likeness (QED) is 0.439. The summed E-state index contributed by atoms with van der Waals surface area (Å²) in [6.07, 6.45) is 12.9. The summed E-state index contributed by atoms with van der Waals surface area (Å²) in [5.74, 6) is 2.02. The van der Waals surface area contributed by atoms with E-state index in [4.69, 9.17) is 14.2 Å². The number of methoxy groups -OCH3 is 2. The lowest BCUT2D eigenvalue weighted by Gasteiger charge is -2.56. The van der Waals surface area contributed by atoms with Gasteiger partial charge >= 0.3 is 0 Å². The van der Waals surface area contributed by atoms with E-state index in [1.807, 2.05) is 23.1 Å². The highest BCUT2D eigenvalue weighted by Gasteiger charge is 2.62. The molecule has 1 aromatic rings. The first-order chi connectivity index (χ1) is 20.1. The van der Waals surface area contributed by atoms with Crippen LogP contribution in [0.4, 0.5) is 0 Å². The third-order valence-corrected chi connectivity index (χ3v) is 11.9. The van der Waals surface area contributed by atoms with Gasteiger partial charge in [0.25, 0.3) is 0 Å². The topological polar surface area (TPSA) is 88.5 Å². The summed E-state index contributed by atoms with van der Waals surface area (Å²) in [6.45, 7) is 6.24. The molecule has 1 heterocycles. The van der Waals surface area contributed by atoms with Crippen LogP contribution in [0.15, 0.2) is 41.5 Å². The lowest BCUT2D eigenvalue weighted by molar-refractivity contribution is -0.144. The predicted molar refractivity (Wildman–Crippen MR) is 161 cm³/mol. The molecule has 4 fully saturated rings. The minimum absolute atomic E-state index is 0.00427. The van der Waals surface area contributed by atoms with Crippen LogP contribution in [0.25, 0.3) is 0 Å². The number of hydrogen-bond acceptors (Lipinski definition) is 6. The zero-order chi connectivity index (χ0) is 29.7. The number of carbonyl (C=O) groups excluding carboxylic acids is 1. The zero-order valence-electron chi connectivity index (χ0n) is 25.9. The van der Waals surface area contributed by atoms with Gasteiger partial charge in [-0.1, -0.05) is 43.2 Å². The number of carbonyl (C=O) groups is 1. The molecule has 7 nitrogen and oxygen atoms in total. The Labute approximate surface area is 250 Å². The standard InChI is InChI=1S/C35H49NO6/c1-33-14-11-25(37)20-24(33)8-9-27-28(33)12-15-34(2)29(27)13-16-35(34,39)22-36(21-26-6-5-17-42-26)32(38)19-23-7-10-30(40-3)31(18-23)41-4/h7-10,18,25-26,28-29,37,39H,5-6,11-17,19-22H2,1-4H3/t25-,26+,28-,29-,33-,34-,35+/m0/s1. The average Bonchev–Trinajstić information content (AvgIpc) is 3.58. The Morgan fingerprint density at radius 1 is 1.02 bits per heavy atom. The Bertz CT molecular complexity index is 1250. The smallest absolute Gasteiger partial charge is 0.227 e. The molecule has 2 N–H and O–H groups in total. The van der Waals surface area contributed by atoms with Crippen LogP contribution in [0.3, 0.4) is 0 Å². The van der Waals surface area contributed by atoms with Gasteiger partial charge in [-0.25, -0.2) is 0 Å². The highest BCUT2D eigenvalue weighted by atomic mass is 16.5. The maximum absolute atomic E-state index is 14.0. The summed E-state index contributed by atoms with van der Waals surface area (Å²) in [6, 6.07) is 5.62. The highest BCUT2D eigenvalue weighted by Crippen LogP contribution is 2.66. The zero-order valence-corrected chi connectivity index (χ0v) is 25.9. The second-order valence-electron chi connectivity index (χ2n) is 14.1.